The third-order valence-electron chi connectivity index (χ3n) is 5.53. The molecule has 0 unspecified atom stereocenters. The molecule has 0 saturated carbocycles. The number of ether oxygens (including phenoxy) is 7. The summed E-state index contributed by atoms with van der Waals surface area (Å²) in [7, 11) is 0. The lowest BCUT2D eigenvalue weighted by Gasteiger charge is -2.20. The Morgan fingerprint density at radius 1 is 0.511 bits per heavy atom. The van der Waals surface area contributed by atoms with E-state index in [1.54, 1.807) is 30.3 Å². The van der Waals surface area contributed by atoms with Gasteiger partial charge in [-0.1, -0.05) is 30.3 Å². The smallest absolute Gasteiger partial charge is 0.347 e. The first kappa shape index (κ1) is 38.0. The summed E-state index contributed by atoms with van der Waals surface area (Å²) in [6.45, 7) is 6.89. The fraction of sp³-hybridized carbons (Fsp3) is 0.517. The van der Waals surface area contributed by atoms with E-state index in [9.17, 15) is 38.4 Å². The summed E-state index contributed by atoms with van der Waals surface area (Å²) < 4.78 is 34.3. The molecule has 248 valence electrons. The van der Waals surface area contributed by atoms with Crippen molar-refractivity contribution in [3.8, 4) is 0 Å². The van der Waals surface area contributed by atoms with E-state index in [0.29, 0.717) is 0 Å². The van der Waals surface area contributed by atoms with Crippen LogP contribution in [0.3, 0.4) is 0 Å². The highest BCUT2D eigenvalue weighted by Crippen LogP contribution is 2.10. The molecular weight excluding hydrogens is 604 g/mol. The number of aliphatic carboxylic acids is 1. The van der Waals surface area contributed by atoms with Gasteiger partial charge in [0.25, 0.3) is 0 Å². The maximum Gasteiger partial charge on any atom is 0.347 e. The fourth-order valence-corrected chi connectivity index (χ4v) is 2.95. The van der Waals surface area contributed by atoms with Crippen LogP contribution in [0, 0.1) is 0 Å². The summed E-state index contributed by atoms with van der Waals surface area (Å²) in [5.74, 6) is -8.76. The topological polar surface area (TPSA) is 221 Å². The maximum atomic E-state index is 12.3. The predicted octanol–water partition coefficient (Wildman–Crippen LogP) is 1.18. The van der Waals surface area contributed by atoms with Gasteiger partial charge in [0.05, 0.1) is 12.8 Å². The molecule has 0 aliphatic heterocycles. The van der Waals surface area contributed by atoms with E-state index in [1.165, 1.54) is 13.8 Å². The predicted molar refractivity (Wildman–Crippen MR) is 146 cm³/mol. The molecule has 0 spiro atoms. The second-order valence-corrected chi connectivity index (χ2v) is 9.51. The minimum atomic E-state index is -1.58. The summed E-state index contributed by atoms with van der Waals surface area (Å²) in [4.78, 5) is 95.4. The van der Waals surface area contributed by atoms with Crippen LogP contribution in [0.1, 0.15) is 59.9 Å². The van der Waals surface area contributed by atoms with Gasteiger partial charge in [-0.05, 0) is 47.1 Å². The van der Waals surface area contributed by atoms with E-state index in [1.807, 2.05) is 0 Å². The average molecular weight is 641 g/mol. The Hall–Kier alpha value is -5.02. The molecule has 1 N–H and O–H groups in total. The van der Waals surface area contributed by atoms with Crippen molar-refractivity contribution in [3.05, 3.63) is 35.9 Å². The molecule has 16 nitrogen and oxygen atoms in total. The standard InChI is InChI=1S/C29H36O16/c1-15(24(33)39-14-21-10-8-7-9-11-21)41-26(35)17(3)43-28(37)19(5)45-29(38)20(6)44-27(36)18(4)42-25(34)16(2)40-23(32)13-12-22(30)31/h7-11,15-20H,12-14H2,1-6H3,(H,30,31)/t15-,16-,17-,18-,19-,20-/m0/s1. The minimum Gasteiger partial charge on any atom is -0.481 e. The fourth-order valence-electron chi connectivity index (χ4n) is 2.95. The van der Waals surface area contributed by atoms with Crippen molar-refractivity contribution < 1.29 is 76.6 Å². The first-order valence-corrected chi connectivity index (χ1v) is 13.7. The molecule has 6 atom stereocenters. The number of carbonyl (C=O) groups excluding carboxylic acids is 7. The molecule has 0 aliphatic carbocycles. The summed E-state index contributed by atoms with van der Waals surface area (Å²) >= 11 is 0. The van der Waals surface area contributed by atoms with Crippen LogP contribution in [0.2, 0.25) is 0 Å². The van der Waals surface area contributed by atoms with Crippen LogP contribution in [0.15, 0.2) is 30.3 Å². The minimum absolute atomic E-state index is 0.0410. The SMILES string of the molecule is C[C@H](OC(=O)CCC(=O)O)C(=O)O[C@@H](C)C(=O)O[C@@H](C)C(=O)O[C@@H](C)C(=O)O[C@@H](C)C(=O)O[C@@H](C)C(=O)OCc1ccccc1. The summed E-state index contributed by atoms with van der Waals surface area (Å²) in [6, 6.07) is 8.79. The Balaban J connectivity index is 2.48. The third kappa shape index (κ3) is 14.3. The molecular formula is C29H36O16. The van der Waals surface area contributed by atoms with Gasteiger partial charge < -0.3 is 38.3 Å². The second kappa shape index (κ2) is 18.6. The van der Waals surface area contributed by atoms with Crippen LogP contribution in [0.25, 0.3) is 0 Å². The first-order valence-electron chi connectivity index (χ1n) is 13.7. The van der Waals surface area contributed by atoms with Crippen LogP contribution in [0.4, 0.5) is 0 Å². The van der Waals surface area contributed by atoms with E-state index < -0.39 is 97.2 Å². The Morgan fingerprint density at radius 2 is 0.844 bits per heavy atom. The molecule has 1 rings (SSSR count). The summed E-state index contributed by atoms with van der Waals surface area (Å²) in [5.41, 5.74) is 0.721. The quantitative estimate of drug-likeness (QED) is 0.186. The average Bonchev–Trinajstić information content (AvgIpc) is 2.98. The summed E-state index contributed by atoms with van der Waals surface area (Å²) in [6.07, 6.45) is -9.95. The van der Waals surface area contributed by atoms with Crippen LogP contribution < -0.4 is 0 Å². The van der Waals surface area contributed by atoms with Gasteiger partial charge in [-0.3, -0.25) is 9.59 Å². The number of hydrogen-bond acceptors (Lipinski definition) is 15. The van der Waals surface area contributed by atoms with Crippen molar-refractivity contribution in [2.75, 3.05) is 0 Å². The lowest BCUT2D eigenvalue weighted by molar-refractivity contribution is -0.188. The van der Waals surface area contributed by atoms with Gasteiger partial charge >= 0.3 is 47.8 Å². The van der Waals surface area contributed by atoms with Gasteiger partial charge in [-0.2, -0.15) is 0 Å². The van der Waals surface area contributed by atoms with Crippen molar-refractivity contribution in [1.82, 2.24) is 0 Å². The second-order valence-electron chi connectivity index (χ2n) is 9.51. The summed E-state index contributed by atoms with van der Waals surface area (Å²) in [5, 5.41) is 8.57. The van der Waals surface area contributed by atoms with E-state index in [-0.39, 0.29) is 6.61 Å². The molecule has 0 heterocycles. The first-order chi connectivity index (χ1) is 21.0. The number of carboxylic acids is 1. The third-order valence-corrected chi connectivity index (χ3v) is 5.53. The highest BCUT2D eigenvalue weighted by molar-refractivity contribution is 5.87. The van der Waals surface area contributed by atoms with Crippen LogP contribution in [-0.4, -0.2) is 89.5 Å². The molecule has 0 aromatic heterocycles. The Labute approximate surface area is 258 Å². The maximum absolute atomic E-state index is 12.3. The Bertz CT molecular complexity index is 1230. The van der Waals surface area contributed by atoms with Crippen molar-refractivity contribution in [2.24, 2.45) is 0 Å². The number of rotatable bonds is 17. The highest BCUT2D eigenvalue weighted by atomic mass is 16.7. The number of esters is 7. The van der Waals surface area contributed by atoms with Crippen LogP contribution >= 0.6 is 0 Å². The molecule has 0 amide bonds. The molecule has 0 aliphatic rings. The lowest BCUT2D eigenvalue weighted by atomic mass is 10.2. The van der Waals surface area contributed by atoms with Gasteiger partial charge in [-0.15, -0.1) is 0 Å². The largest absolute Gasteiger partial charge is 0.481 e. The molecule has 16 heteroatoms. The normalized spacial score (nSPS) is 14.5. The van der Waals surface area contributed by atoms with Crippen molar-refractivity contribution >= 4 is 47.8 Å². The van der Waals surface area contributed by atoms with E-state index in [2.05, 4.69) is 0 Å². The number of carboxylic acid groups (broad SMARTS) is 1. The van der Waals surface area contributed by atoms with E-state index in [4.69, 9.17) is 38.3 Å². The van der Waals surface area contributed by atoms with E-state index in [0.717, 1.165) is 33.3 Å². The van der Waals surface area contributed by atoms with Gasteiger partial charge in [-0.25, -0.2) is 28.8 Å². The lowest BCUT2D eigenvalue weighted by Crippen LogP contribution is -2.39. The molecule has 0 saturated heterocycles. The zero-order chi connectivity index (χ0) is 34.3. The van der Waals surface area contributed by atoms with Crippen molar-refractivity contribution in [2.45, 2.75) is 97.6 Å². The zero-order valence-electron chi connectivity index (χ0n) is 25.5. The van der Waals surface area contributed by atoms with Crippen molar-refractivity contribution in [1.29, 1.82) is 0 Å². The van der Waals surface area contributed by atoms with Gasteiger partial charge in [0.1, 0.15) is 6.61 Å². The van der Waals surface area contributed by atoms with Gasteiger partial charge in [0.2, 0.25) is 0 Å². The van der Waals surface area contributed by atoms with Gasteiger partial charge in [0.15, 0.2) is 36.6 Å². The van der Waals surface area contributed by atoms with Crippen LogP contribution in [0.5, 0.6) is 0 Å². The van der Waals surface area contributed by atoms with E-state index >= 15 is 0 Å². The number of benzene rings is 1. The number of hydrogen-bond donors (Lipinski definition) is 1. The zero-order valence-corrected chi connectivity index (χ0v) is 25.5. The molecule has 0 bridgehead atoms. The highest BCUT2D eigenvalue weighted by Gasteiger charge is 2.32. The molecule has 45 heavy (non-hydrogen) atoms. The molecule has 1 aromatic carbocycles. The number of carbonyl (C=O) groups is 8. The Morgan fingerprint density at radius 3 is 1.20 bits per heavy atom. The monoisotopic (exact) mass is 640 g/mol. The van der Waals surface area contributed by atoms with Crippen molar-refractivity contribution in [3.63, 3.8) is 0 Å². The molecule has 0 fully saturated rings. The van der Waals surface area contributed by atoms with Gasteiger partial charge in [0, 0.05) is 0 Å². The Kier molecular flexibility index (Phi) is 15.7. The molecule has 0 radical (unpaired) electrons. The molecule has 1 aromatic rings. The van der Waals surface area contributed by atoms with Crippen LogP contribution in [-0.2, 0) is 78.1 Å².